The topological polar surface area (TPSA) is 34.2 Å². The van der Waals surface area contributed by atoms with Gasteiger partial charge in [-0.25, -0.2) is 0 Å². The second-order valence-corrected chi connectivity index (χ2v) is 4.89. The number of anilines is 1. The van der Waals surface area contributed by atoms with Gasteiger partial charge in [-0.15, -0.1) is 0 Å². The Hall–Kier alpha value is -1.25. The van der Waals surface area contributed by atoms with Crippen molar-refractivity contribution in [2.75, 3.05) is 11.9 Å². The molecule has 1 aromatic rings. The molecule has 0 aliphatic carbocycles. The first-order valence-corrected chi connectivity index (χ1v) is 6.47. The van der Waals surface area contributed by atoms with Gasteiger partial charge in [0.25, 0.3) is 0 Å². The lowest BCUT2D eigenvalue weighted by molar-refractivity contribution is 0.192. The van der Waals surface area contributed by atoms with Crippen LogP contribution in [0, 0.1) is 5.92 Å². The van der Waals surface area contributed by atoms with E-state index in [-0.39, 0.29) is 6.10 Å². The highest BCUT2D eigenvalue weighted by atomic mass is 16.5. The predicted molar refractivity (Wildman–Crippen MR) is 72.6 cm³/mol. The lowest BCUT2D eigenvalue weighted by Crippen LogP contribution is -2.14. The van der Waals surface area contributed by atoms with Crippen LogP contribution in [0.4, 0.5) is 5.69 Å². The van der Waals surface area contributed by atoms with Gasteiger partial charge in [-0.3, -0.25) is 4.98 Å². The number of ether oxygens (including phenoxy) is 1. The van der Waals surface area contributed by atoms with E-state index in [0.717, 1.165) is 30.8 Å². The summed E-state index contributed by atoms with van der Waals surface area (Å²) >= 11 is 0. The minimum absolute atomic E-state index is 0.234. The molecule has 1 unspecified atom stereocenters. The van der Waals surface area contributed by atoms with E-state index in [1.54, 1.807) is 6.20 Å². The molecule has 1 atom stereocenters. The van der Waals surface area contributed by atoms with E-state index in [2.05, 4.69) is 38.0 Å². The number of pyridine rings is 1. The zero-order valence-corrected chi connectivity index (χ0v) is 11.4. The lowest BCUT2D eigenvalue weighted by atomic mass is 10.1. The Kier molecular flexibility index (Phi) is 5.81. The third kappa shape index (κ3) is 5.57. The van der Waals surface area contributed by atoms with Crippen molar-refractivity contribution in [2.24, 2.45) is 5.92 Å². The molecule has 3 nitrogen and oxygen atoms in total. The van der Waals surface area contributed by atoms with Gasteiger partial charge in [0.15, 0.2) is 0 Å². The number of aromatic nitrogens is 1. The fourth-order valence-corrected chi connectivity index (χ4v) is 1.79. The van der Waals surface area contributed by atoms with Gasteiger partial charge in [0.05, 0.1) is 24.2 Å². The fourth-order valence-electron chi connectivity index (χ4n) is 1.79. The maximum atomic E-state index is 5.84. The van der Waals surface area contributed by atoms with Gasteiger partial charge in [0, 0.05) is 12.6 Å². The zero-order valence-electron chi connectivity index (χ0n) is 11.4. The average Bonchev–Trinajstić information content (AvgIpc) is 2.25. The zero-order chi connectivity index (χ0) is 12.7. The van der Waals surface area contributed by atoms with E-state index in [0.29, 0.717) is 5.92 Å². The van der Waals surface area contributed by atoms with Gasteiger partial charge in [0.1, 0.15) is 5.75 Å². The van der Waals surface area contributed by atoms with Gasteiger partial charge in [-0.2, -0.15) is 0 Å². The molecule has 0 amide bonds. The van der Waals surface area contributed by atoms with Crippen molar-refractivity contribution < 1.29 is 4.74 Å². The molecule has 3 heteroatoms. The van der Waals surface area contributed by atoms with E-state index < -0.39 is 0 Å². The summed E-state index contributed by atoms with van der Waals surface area (Å²) < 4.78 is 5.84. The van der Waals surface area contributed by atoms with E-state index in [1.807, 2.05) is 12.3 Å². The molecule has 0 saturated heterocycles. The van der Waals surface area contributed by atoms with Gasteiger partial charge in [0.2, 0.25) is 0 Å². The molecule has 1 aromatic heterocycles. The van der Waals surface area contributed by atoms with Crippen molar-refractivity contribution in [2.45, 2.75) is 46.6 Å². The molecule has 0 saturated carbocycles. The second-order valence-electron chi connectivity index (χ2n) is 4.89. The van der Waals surface area contributed by atoms with Crippen molar-refractivity contribution in [3.63, 3.8) is 0 Å². The number of hydrogen-bond donors (Lipinski definition) is 1. The Bertz CT molecular complexity index is 326. The molecule has 0 bridgehead atoms. The first-order valence-electron chi connectivity index (χ1n) is 6.47. The number of nitrogens with zero attached hydrogens (tertiary/aromatic N) is 1. The molecule has 0 aromatic carbocycles. The Labute approximate surface area is 105 Å². The molecule has 0 fully saturated rings. The van der Waals surface area contributed by atoms with Crippen molar-refractivity contribution >= 4 is 5.69 Å². The van der Waals surface area contributed by atoms with Gasteiger partial charge in [-0.05, 0) is 25.7 Å². The number of hydrogen-bond acceptors (Lipinski definition) is 3. The Morgan fingerprint density at radius 3 is 2.71 bits per heavy atom. The van der Waals surface area contributed by atoms with Crippen molar-refractivity contribution in [1.29, 1.82) is 0 Å². The lowest BCUT2D eigenvalue weighted by Gasteiger charge is -2.16. The highest BCUT2D eigenvalue weighted by molar-refractivity contribution is 5.45. The third-order valence-electron chi connectivity index (χ3n) is 2.43. The summed E-state index contributed by atoms with van der Waals surface area (Å²) in [6.07, 6.45) is 6.00. The molecule has 96 valence electrons. The highest BCUT2D eigenvalue weighted by Gasteiger charge is 2.07. The minimum Gasteiger partial charge on any atom is -0.489 e. The van der Waals surface area contributed by atoms with Gasteiger partial charge < -0.3 is 10.1 Å². The molecule has 1 N–H and O–H groups in total. The molecule has 1 rings (SSSR count). The molecule has 0 radical (unpaired) electrons. The average molecular weight is 236 g/mol. The molecule has 0 aliphatic rings. The number of rotatable bonds is 7. The van der Waals surface area contributed by atoms with Crippen LogP contribution in [0.25, 0.3) is 0 Å². The summed E-state index contributed by atoms with van der Waals surface area (Å²) in [5.41, 5.74) is 1.03. The normalized spacial score (nSPS) is 12.5. The third-order valence-corrected chi connectivity index (χ3v) is 2.43. The summed E-state index contributed by atoms with van der Waals surface area (Å²) in [5.74, 6) is 1.50. The van der Waals surface area contributed by atoms with Crippen molar-refractivity contribution in [3.05, 3.63) is 18.5 Å². The van der Waals surface area contributed by atoms with Crippen molar-refractivity contribution in [1.82, 2.24) is 4.98 Å². The number of nitrogens with one attached hydrogen (secondary N) is 1. The summed E-state index contributed by atoms with van der Waals surface area (Å²) in [7, 11) is 0. The van der Waals surface area contributed by atoms with Crippen LogP contribution in [0.15, 0.2) is 18.5 Å². The standard InChI is InChI=1S/C14H24N2O/c1-5-6-16-13-8-14(10-15-9-13)17-12(4)7-11(2)3/h8-12,16H,5-7H2,1-4H3. The highest BCUT2D eigenvalue weighted by Crippen LogP contribution is 2.18. The van der Waals surface area contributed by atoms with Crippen LogP contribution < -0.4 is 10.1 Å². The molecule has 0 spiro atoms. The SMILES string of the molecule is CCCNc1cncc(OC(C)CC(C)C)c1. The summed E-state index contributed by atoms with van der Waals surface area (Å²) in [6.45, 7) is 9.62. The maximum absolute atomic E-state index is 5.84. The quantitative estimate of drug-likeness (QED) is 0.783. The molecule has 17 heavy (non-hydrogen) atoms. The summed E-state index contributed by atoms with van der Waals surface area (Å²) in [6, 6.07) is 2.01. The largest absolute Gasteiger partial charge is 0.489 e. The summed E-state index contributed by atoms with van der Waals surface area (Å²) in [5, 5.41) is 3.31. The van der Waals surface area contributed by atoms with Crippen LogP contribution >= 0.6 is 0 Å². The fraction of sp³-hybridized carbons (Fsp3) is 0.643. The van der Waals surface area contributed by atoms with E-state index in [9.17, 15) is 0 Å². The monoisotopic (exact) mass is 236 g/mol. The molecule has 0 aliphatic heterocycles. The molecular formula is C14H24N2O. The van der Waals surface area contributed by atoms with E-state index >= 15 is 0 Å². The van der Waals surface area contributed by atoms with Crippen LogP contribution in [0.5, 0.6) is 5.75 Å². The first-order chi connectivity index (χ1) is 8.11. The van der Waals surface area contributed by atoms with E-state index in [1.165, 1.54) is 0 Å². The van der Waals surface area contributed by atoms with Crippen LogP contribution in [0.2, 0.25) is 0 Å². The van der Waals surface area contributed by atoms with Crippen molar-refractivity contribution in [3.8, 4) is 5.75 Å². The molecule has 1 heterocycles. The Morgan fingerprint density at radius 2 is 2.06 bits per heavy atom. The second kappa shape index (κ2) is 7.15. The van der Waals surface area contributed by atoms with Crippen LogP contribution in [-0.2, 0) is 0 Å². The minimum atomic E-state index is 0.234. The summed E-state index contributed by atoms with van der Waals surface area (Å²) in [4.78, 5) is 4.18. The van der Waals surface area contributed by atoms with Crippen LogP contribution in [-0.4, -0.2) is 17.6 Å². The van der Waals surface area contributed by atoms with Gasteiger partial charge >= 0.3 is 0 Å². The first kappa shape index (κ1) is 13.8. The van der Waals surface area contributed by atoms with Gasteiger partial charge in [-0.1, -0.05) is 20.8 Å². The predicted octanol–water partition coefficient (Wildman–Crippen LogP) is 3.72. The smallest absolute Gasteiger partial charge is 0.140 e. The van der Waals surface area contributed by atoms with E-state index in [4.69, 9.17) is 4.74 Å². The van der Waals surface area contributed by atoms with Crippen LogP contribution in [0.3, 0.4) is 0 Å². The Morgan fingerprint density at radius 1 is 1.29 bits per heavy atom. The molecular weight excluding hydrogens is 212 g/mol. The van der Waals surface area contributed by atoms with Crippen LogP contribution in [0.1, 0.15) is 40.5 Å². The maximum Gasteiger partial charge on any atom is 0.140 e. The Balaban J connectivity index is 2.52.